The molecule has 1 amide bonds. The molecule has 0 aliphatic heterocycles. The summed E-state index contributed by atoms with van der Waals surface area (Å²) < 4.78 is 12.0. The van der Waals surface area contributed by atoms with Gasteiger partial charge in [0.1, 0.15) is 0 Å². The van der Waals surface area contributed by atoms with Crippen LogP contribution in [0.1, 0.15) is 35.5 Å². The first-order valence-corrected chi connectivity index (χ1v) is 10.4. The van der Waals surface area contributed by atoms with Crippen molar-refractivity contribution < 1.29 is 24.0 Å². The molecule has 3 rings (SSSR count). The number of ether oxygens (including phenoxy) is 2. The van der Waals surface area contributed by atoms with Gasteiger partial charge in [0, 0.05) is 17.8 Å². The maximum atomic E-state index is 12.5. The number of aromatic nitrogens is 2. The van der Waals surface area contributed by atoms with E-state index in [-0.39, 0.29) is 30.3 Å². The Kier molecular flexibility index (Phi) is 7.39. The third-order valence-electron chi connectivity index (χ3n) is 4.84. The zero-order chi connectivity index (χ0) is 24.0. The summed E-state index contributed by atoms with van der Waals surface area (Å²) in [5, 5.41) is 17.9. The van der Waals surface area contributed by atoms with Crippen molar-refractivity contribution in [3.63, 3.8) is 0 Å². The van der Waals surface area contributed by atoms with Crippen LogP contribution in [0.3, 0.4) is 0 Å². The summed E-state index contributed by atoms with van der Waals surface area (Å²) in [6.45, 7) is 5.35. The van der Waals surface area contributed by atoms with Gasteiger partial charge in [-0.2, -0.15) is 5.10 Å². The molecule has 0 saturated carbocycles. The van der Waals surface area contributed by atoms with E-state index in [0.717, 1.165) is 23.2 Å². The molecule has 172 valence electrons. The lowest BCUT2D eigenvalue weighted by molar-refractivity contribution is -0.384. The quantitative estimate of drug-likeness (QED) is 0.297. The number of hydrogen-bond donors (Lipinski definition) is 1. The number of nitro benzene ring substituents is 1. The molecule has 0 radical (unpaired) electrons. The number of rotatable bonds is 9. The fourth-order valence-electron chi connectivity index (χ4n) is 3.18. The standard InChI is InChI=1S/C23H24N4O6/c1-4-16-8-6-7-15(3)21(16)24-20(28)14-33-19-13-26(25-22(19)23(29)32-5-2)17-9-11-18(12-10-17)27(30)31/h6-13H,4-5,14H2,1-3H3,(H,24,28). The monoisotopic (exact) mass is 452 g/mol. The van der Waals surface area contributed by atoms with Gasteiger partial charge in [0.15, 0.2) is 12.4 Å². The van der Waals surface area contributed by atoms with Crippen LogP contribution in [0.25, 0.3) is 5.69 Å². The van der Waals surface area contributed by atoms with Gasteiger partial charge in [0.25, 0.3) is 11.6 Å². The molecule has 0 aliphatic rings. The number of amides is 1. The number of non-ortho nitro benzene ring substituents is 1. The summed E-state index contributed by atoms with van der Waals surface area (Å²) in [5.41, 5.74) is 2.96. The molecule has 0 atom stereocenters. The molecule has 0 aliphatic carbocycles. The van der Waals surface area contributed by atoms with Crippen molar-refractivity contribution in [2.24, 2.45) is 0 Å². The molecule has 0 bridgehead atoms. The van der Waals surface area contributed by atoms with E-state index in [1.54, 1.807) is 6.92 Å². The molecule has 33 heavy (non-hydrogen) atoms. The molecular weight excluding hydrogens is 428 g/mol. The Balaban J connectivity index is 1.80. The van der Waals surface area contributed by atoms with E-state index in [1.807, 2.05) is 32.0 Å². The van der Waals surface area contributed by atoms with Crippen LogP contribution in [0.4, 0.5) is 11.4 Å². The van der Waals surface area contributed by atoms with Gasteiger partial charge in [-0.05, 0) is 43.5 Å². The van der Waals surface area contributed by atoms with Crippen LogP contribution in [0, 0.1) is 17.0 Å². The number of para-hydroxylation sites is 1. The molecule has 10 heteroatoms. The number of carbonyl (C=O) groups is 2. The molecule has 0 spiro atoms. The molecule has 0 saturated heterocycles. The number of nitrogens with one attached hydrogen (secondary N) is 1. The first kappa shape index (κ1) is 23.5. The van der Waals surface area contributed by atoms with E-state index < -0.39 is 16.8 Å². The van der Waals surface area contributed by atoms with Gasteiger partial charge in [0.2, 0.25) is 5.69 Å². The van der Waals surface area contributed by atoms with Gasteiger partial charge in [-0.3, -0.25) is 14.9 Å². The molecule has 2 aromatic carbocycles. The largest absolute Gasteiger partial charge is 0.480 e. The highest BCUT2D eigenvalue weighted by Crippen LogP contribution is 2.24. The van der Waals surface area contributed by atoms with Crippen molar-refractivity contribution in [1.82, 2.24) is 9.78 Å². The minimum Gasteiger partial charge on any atom is -0.480 e. The molecule has 0 unspecified atom stereocenters. The Morgan fingerprint density at radius 2 is 1.88 bits per heavy atom. The van der Waals surface area contributed by atoms with E-state index in [0.29, 0.717) is 5.69 Å². The average Bonchev–Trinajstić information content (AvgIpc) is 3.23. The second-order valence-electron chi connectivity index (χ2n) is 7.08. The topological polar surface area (TPSA) is 126 Å². The van der Waals surface area contributed by atoms with Crippen LogP contribution in [0.2, 0.25) is 0 Å². The Morgan fingerprint density at radius 3 is 2.52 bits per heavy atom. The summed E-state index contributed by atoms with van der Waals surface area (Å²) in [6, 6.07) is 11.4. The number of nitrogens with zero attached hydrogens (tertiary/aromatic N) is 3. The molecule has 1 heterocycles. The van der Waals surface area contributed by atoms with Crippen LogP contribution in [-0.4, -0.2) is 39.8 Å². The lowest BCUT2D eigenvalue weighted by Gasteiger charge is -2.13. The van der Waals surface area contributed by atoms with Gasteiger partial charge < -0.3 is 14.8 Å². The van der Waals surface area contributed by atoms with Crippen molar-refractivity contribution in [2.75, 3.05) is 18.5 Å². The Morgan fingerprint density at radius 1 is 1.15 bits per heavy atom. The third-order valence-corrected chi connectivity index (χ3v) is 4.84. The maximum Gasteiger partial charge on any atom is 0.362 e. The van der Waals surface area contributed by atoms with Crippen molar-refractivity contribution >= 4 is 23.3 Å². The van der Waals surface area contributed by atoms with Crippen LogP contribution in [0.5, 0.6) is 5.75 Å². The molecule has 1 N–H and O–H groups in total. The summed E-state index contributed by atoms with van der Waals surface area (Å²) in [4.78, 5) is 35.3. The highest BCUT2D eigenvalue weighted by atomic mass is 16.6. The average molecular weight is 452 g/mol. The molecule has 0 fully saturated rings. The predicted molar refractivity (Wildman–Crippen MR) is 121 cm³/mol. The third kappa shape index (κ3) is 5.53. The van der Waals surface area contributed by atoms with E-state index in [9.17, 15) is 19.7 Å². The zero-order valence-corrected chi connectivity index (χ0v) is 18.5. The van der Waals surface area contributed by atoms with E-state index >= 15 is 0 Å². The number of aryl methyl sites for hydroxylation is 2. The van der Waals surface area contributed by atoms with Gasteiger partial charge in [-0.1, -0.05) is 25.1 Å². The van der Waals surface area contributed by atoms with Crippen molar-refractivity contribution in [3.05, 3.63) is 75.6 Å². The Bertz CT molecular complexity index is 1170. The zero-order valence-electron chi connectivity index (χ0n) is 18.5. The van der Waals surface area contributed by atoms with E-state index in [1.165, 1.54) is 35.1 Å². The summed E-state index contributed by atoms with van der Waals surface area (Å²) >= 11 is 0. The van der Waals surface area contributed by atoms with Crippen LogP contribution in [-0.2, 0) is 16.0 Å². The first-order valence-electron chi connectivity index (χ1n) is 10.4. The van der Waals surface area contributed by atoms with Crippen LogP contribution >= 0.6 is 0 Å². The van der Waals surface area contributed by atoms with Gasteiger partial charge in [-0.25, -0.2) is 9.48 Å². The smallest absolute Gasteiger partial charge is 0.362 e. The number of hydrogen-bond acceptors (Lipinski definition) is 7. The number of nitro groups is 1. The highest BCUT2D eigenvalue weighted by molar-refractivity contribution is 5.94. The summed E-state index contributed by atoms with van der Waals surface area (Å²) in [7, 11) is 0. The first-order chi connectivity index (χ1) is 15.8. The number of esters is 1. The van der Waals surface area contributed by atoms with Crippen molar-refractivity contribution in [3.8, 4) is 11.4 Å². The summed E-state index contributed by atoms with van der Waals surface area (Å²) in [6.07, 6.45) is 2.18. The Labute approximate surface area is 190 Å². The van der Waals surface area contributed by atoms with E-state index in [2.05, 4.69) is 10.4 Å². The van der Waals surface area contributed by atoms with Crippen LogP contribution < -0.4 is 10.1 Å². The second kappa shape index (κ2) is 10.4. The number of carbonyl (C=O) groups excluding carboxylic acids is 2. The fraction of sp³-hybridized carbons (Fsp3) is 0.261. The summed E-state index contributed by atoms with van der Waals surface area (Å²) in [5.74, 6) is -1.04. The number of benzene rings is 2. The van der Waals surface area contributed by atoms with Gasteiger partial charge in [0.05, 0.1) is 23.4 Å². The minimum atomic E-state index is -0.708. The second-order valence-corrected chi connectivity index (χ2v) is 7.08. The maximum absolute atomic E-state index is 12.5. The fourth-order valence-corrected chi connectivity index (χ4v) is 3.18. The minimum absolute atomic E-state index is 0.0578. The molecule has 10 nitrogen and oxygen atoms in total. The van der Waals surface area contributed by atoms with Crippen molar-refractivity contribution in [2.45, 2.75) is 27.2 Å². The van der Waals surface area contributed by atoms with Crippen LogP contribution in [0.15, 0.2) is 48.7 Å². The predicted octanol–water partition coefficient (Wildman–Crippen LogP) is 3.85. The Hall–Kier alpha value is -4.21. The van der Waals surface area contributed by atoms with Gasteiger partial charge >= 0.3 is 5.97 Å². The van der Waals surface area contributed by atoms with Gasteiger partial charge in [-0.15, -0.1) is 0 Å². The molecule has 3 aromatic rings. The lowest BCUT2D eigenvalue weighted by atomic mass is 10.1. The SMILES string of the molecule is CCOC(=O)c1nn(-c2ccc([N+](=O)[O-])cc2)cc1OCC(=O)Nc1c(C)cccc1CC. The normalized spacial score (nSPS) is 10.5. The lowest BCUT2D eigenvalue weighted by Crippen LogP contribution is -2.22. The van der Waals surface area contributed by atoms with E-state index in [4.69, 9.17) is 9.47 Å². The molecular formula is C23H24N4O6. The molecule has 1 aromatic heterocycles. The highest BCUT2D eigenvalue weighted by Gasteiger charge is 2.21. The van der Waals surface area contributed by atoms with Crippen molar-refractivity contribution in [1.29, 1.82) is 0 Å². The number of anilines is 1.